The fraction of sp³-hybridized carbons (Fsp3) is 0. The Kier molecular flexibility index (Phi) is 153. The number of hydrogen-bond donors (Lipinski definition) is 0. The molecule has 0 N–H and O–H groups in total. The molecule has 0 saturated heterocycles. The molecule has 0 unspecified atom stereocenters. The van der Waals surface area contributed by atoms with Crippen LogP contribution in [0.5, 0.6) is 0 Å². The fourth-order valence-electron chi connectivity index (χ4n) is 0. The minimum Gasteiger partial charge on any atom is -0.197 e. The van der Waals surface area contributed by atoms with Crippen molar-refractivity contribution in [2.45, 2.75) is 0 Å². The van der Waals surface area contributed by atoms with Crippen molar-refractivity contribution >= 4 is 77.8 Å². The Morgan fingerprint density at radius 3 is 1.20 bits per heavy atom. The SMILES string of the molecule is O=S.[Cu].[Ga].[Sr]. The molecule has 0 fully saturated rings. The molecule has 0 aromatic heterocycles. The predicted octanol–water partition coefficient (Wildman–Crippen LogP) is -1.10. The van der Waals surface area contributed by atoms with Gasteiger partial charge in [0, 0.05) is 82.3 Å². The quantitative estimate of drug-likeness (QED) is 0.519. The Balaban J connectivity index is -0.00000000167. The smallest absolute Gasteiger partial charge is 0.197 e. The van der Waals surface area contributed by atoms with Crippen molar-refractivity contribution in [1.29, 1.82) is 0 Å². The summed E-state index contributed by atoms with van der Waals surface area (Å²) in [6.07, 6.45) is 0. The molecule has 0 saturated carbocycles. The zero-order valence-electron chi connectivity index (χ0n) is 2.40. The summed E-state index contributed by atoms with van der Waals surface area (Å²) in [5, 5.41) is 0. The molecule has 0 bridgehead atoms. The molecule has 0 amide bonds. The molecule has 28 valence electrons. The second-order valence-electron chi connectivity index (χ2n) is 0. The standard InChI is InChI=1S/Cu.Ga.OS.Sr/c;;1-2;. The maximum atomic E-state index is 7.83. The Hall–Kier alpha value is 2.66. The van der Waals surface area contributed by atoms with E-state index in [1.54, 1.807) is 0 Å². The molecule has 5 heavy (non-hydrogen) atoms. The summed E-state index contributed by atoms with van der Waals surface area (Å²) in [4.78, 5) is 0. The Labute approximate surface area is 97.0 Å². The van der Waals surface area contributed by atoms with E-state index in [0.29, 0.717) is 0 Å². The molecule has 0 aliphatic heterocycles. The van der Waals surface area contributed by atoms with Crippen LogP contribution in [-0.4, -0.2) is 69.5 Å². The summed E-state index contributed by atoms with van der Waals surface area (Å²) in [5.41, 5.74) is 0. The van der Waals surface area contributed by atoms with Crippen molar-refractivity contribution < 1.29 is 21.3 Å². The van der Waals surface area contributed by atoms with E-state index in [1.807, 2.05) is 0 Å². The maximum Gasteiger partial charge on any atom is 0.197 e. The molecule has 0 spiro atoms. The van der Waals surface area contributed by atoms with Crippen molar-refractivity contribution in [1.82, 2.24) is 0 Å². The predicted molar refractivity (Wildman–Crippen MR) is 19.7 cm³/mol. The molecule has 1 nitrogen and oxygen atoms in total. The molecule has 0 aliphatic carbocycles. The Bertz CT molecular complexity index is 11.6. The van der Waals surface area contributed by atoms with E-state index < -0.39 is 0 Å². The van der Waals surface area contributed by atoms with E-state index in [1.165, 1.54) is 0 Å². The van der Waals surface area contributed by atoms with Crippen LogP contribution in [0.2, 0.25) is 0 Å². The molecular weight excluding hydrogens is 269 g/mol. The van der Waals surface area contributed by atoms with Crippen LogP contribution in [-0.2, 0) is 29.6 Å². The number of rotatable bonds is 0. The molecule has 6 radical (unpaired) electrons. The molecule has 0 aromatic rings. The third-order valence-corrected chi connectivity index (χ3v) is 0. The summed E-state index contributed by atoms with van der Waals surface area (Å²) in [6, 6.07) is 0. The Morgan fingerprint density at radius 2 is 1.20 bits per heavy atom. The molecule has 0 heterocycles. The third-order valence-electron chi connectivity index (χ3n) is 0. The van der Waals surface area contributed by atoms with Gasteiger partial charge in [-0.2, -0.15) is 4.21 Å². The van der Waals surface area contributed by atoms with Crippen molar-refractivity contribution in [3.63, 3.8) is 0 Å². The minimum atomic E-state index is 0. The van der Waals surface area contributed by atoms with E-state index in [9.17, 15) is 0 Å². The van der Waals surface area contributed by atoms with Gasteiger partial charge < -0.3 is 0 Å². The van der Waals surface area contributed by atoms with Crippen LogP contribution >= 0.6 is 0 Å². The summed E-state index contributed by atoms with van der Waals surface area (Å²) < 4.78 is 7.83. The van der Waals surface area contributed by atoms with Crippen molar-refractivity contribution in [3.05, 3.63) is 0 Å². The minimum absolute atomic E-state index is 0. The van der Waals surface area contributed by atoms with Crippen LogP contribution in [0.25, 0.3) is 0 Å². The second-order valence-corrected chi connectivity index (χ2v) is 0. The molecule has 0 aliphatic rings. The molecule has 0 rings (SSSR count). The zero-order chi connectivity index (χ0) is 2.00. The zero-order valence-corrected chi connectivity index (χ0v) is 10.1. The number of hydrogen-bond acceptors (Lipinski definition) is 2. The maximum absolute atomic E-state index is 7.83. The van der Waals surface area contributed by atoms with Gasteiger partial charge in [0.05, 0.1) is 0 Å². The summed E-state index contributed by atoms with van der Waals surface area (Å²) in [7, 11) is 0. The van der Waals surface area contributed by atoms with Gasteiger partial charge in [-0.1, -0.05) is 0 Å². The van der Waals surface area contributed by atoms with Crippen LogP contribution in [0, 0.1) is 0 Å². The van der Waals surface area contributed by atoms with E-state index in [-0.39, 0.29) is 82.3 Å². The van der Waals surface area contributed by atoms with Gasteiger partial charge in [0.1, 0.15) is 0 Å². The van der Waals surface area contributed by atoms with Crippen molar-refractivity contribution in [2.24, 2.45) is 0 Å². The van der Waals surface area contributed by atoms with Gasteiger partial charge in [-0.3, -0.25) is 0 Å². The average Bonchev–Trinajstić information content (AvgIpc) is 1.00. The van der Waals surface area contributed by atoms with Gasteiger partial charge in [0.25, 0.3) is 0 Å². The normalized spacial score (nSPS) is 0.800. The van der Waals surface area contributed by atoms with Gasteiger partial charge in [-0.05, 0) is 0 Å². The molecular formula is CuGaOSSr. The van der Waals surface area contributed by atoms with Crippen LogP contribution in [0.15, 0.2) is 0 Å². The van der Waals surface area contributed by atoms with Gasteiger partial charge in [-0.15, -0.1) is 0 Å². The summed E-state index contributed by atoms with van der Waals surface area (Å²) in [6.45, 7) is 0. The van der Waals surface area contributed by atoms with Gasteiger partial charge in [-0.25, -0.2) is 0 Å². The average molecular weight is 269 g/mol. The van der Waals surface area contributed by atoms with E-state index in [2.05, 4.69) is 12.5 Å². The van der Waals surface area contributed by atoms with E-state index in [0.717, 1.165) is 0 Å². The van der Waals surface area contributed by atoms with Crippen molar-refractivity contribution in [3.8, 4) is 0 Å². The molecule has 0 aromatic carbocycles. The van der Waals surface area contributed by atoms with Gasteiger partial charge >= 0.3 is 0 Å². The molecule has 5 heteroatoms. The first-order valence-corrected chi connectivity index (χ1v) is 0.500. The fourth-order valence-corrected chi connectivity index (χ4v) is 0. The monoisotopic (exact) mass is 268 g/mol. The first kappa shape index (κ1) is 25.4. The Morgan fingerprint density at radius 1 is 1.20 bits per heavy atom. The van der Waals surface area contributed by atoms with Crippen LogP contribution in [0.3, 0.4) is 0 Å². The van der Waals surface area contributed by atoms with Crippen molar-refractivity contribution in [2.75, 3.05) is 0 Å². The topological polar surface area (TPSA) is 17.1 Å². The summed E-state index contributed by atoms with van der Waals surface area (Å²) in [5.74, 6) is 0. The molecule has 0 atom stereocenters. The van der Waals surface area contributed by atoms with Crippen LogP contribution in [0.4, 0.5) is 0 Å². The first-order valence-electron chi connectivity index (χ1n) is 0.167. The second kappa shape index (κ2) is 30.2. The van der Waals surface area contributed by atoms with Crippen LogP contribution < -0.4 is 0 Å². The van der Waals surface area contributed by atoms with Gasteiger partial charge in [0.2, 0.25) is 0 Å². The van der Waals surface area contributed by atoms with Gasteiger partial charge in [0.15, 0.2) is 12.5 Å². The third kappa shape index (κ3) is 20.5. The summed E-state index contributed by atoms with van der Waals surface area (Å²) >= 11 is 2.83. The van der Waals surface area contributed by atoms with E-state index >= 15 is 0 Å². The largest absolute Gasteiger partial charge is 0.197 e. The van der Waals surface area contributed by atoms with E-state index in [4.69, 9.17) is 4.21 Å². The van der Waals surface area contributed by atoms with Crippen LogP contribution in [0.1, 0.15) is 0 Å². The first-order chi connectivity index (χ1) is 1.00.